The van der Waals surface area contributed by atoms with Gasteiger partial charge < -0.3 is 10.4 Å². The topological polar surface area (TPSA) is 84.2 Å². The van der Waals surface area contributed by atoms with Crippen molar-refractivity contribution in [2.24, 2.45) is 13.0 Å². The second kappa shape index (κ2) is 5.14. The molecule has 0 aliphatic heterocycles. The molecule has 2 heterocycles. The van der Waals surface area contributed by atoms with Gasteiger partial charge in [0.2, 0.25) is 0 Å². The lowest BCUT2D eigenvalue weighted by Gasteiger charge is -2.15. The van der Waals surface area contributed by atoms with Crippen LogP contribution in [0.5, 0.6) is 0 Å². The summed E-state index contributed by atoms with van der Waals surface area (Å²) < 4.78 is 1.77. The number of hydrogen-bond donors (Lipinski definition) is 2. The summed E-state index contributed by atoms with van der Waals surface area (Å²) in [7, 11) is 1.85. The third-order valence-corrected chi connectivity index (χ3v) is 5.02. The van der Waals surface area contributed by atoms with Crippen LogP contribution in [0.1, 0.15) is 34.6 Å². The van der Waals surface area contributed by atoms with Crippen LogP contribution in [-0.2, 0) is 11.8 Å². The number of aliphatic carboxylic acids is 1. The summed E-state index contributed by atoms with van der Waals surface area (Å²) in [5.74, 6) is -0.750. The molecule has 1 fully saturated rings. The number of amides is 1. The van der Waals surface area contributed by atoms with Gasteiger partial charge in [-0.2, -0.15) is 5.10 Å². The van der Waals surface area contributed by atoms with Gasteiger partial charge in [-0.25, -0.2) is 0 Å². The number of aryl methyl sites for hydroxylation is 2. The van der Waals surface area contributed by atoms with Crippen LogP contribution in [0.4, 0.5) is 0 Å². The molecule has 0 saturated heterocycles. The Kier molecular flexibility index (Phi) is 3.44. The van der Waals surface area contributed by atoms with Crippen molar-refractivity contribution in [2.45, 2.75) is 32.2 Å². The van der Waals surface area contributed by atoms with E-state index in [1.54, 1.807) is 4.68 Å². The van der Waals surface area contributed by atoms with Crippen molar-refractivity contribution in [3.05, 3.63) is 16.6 Å². The van der Waals surface area contributed by atoms with Crippen LogP contribution in [0.2, 0.25) is 0 Å². The van der Waals surface area contributed by atoms with Gasteiger partial charge >= 0.3 is 5.97 Å². The Hall–Kier alpha value is -1.89. The number of nitrogens with zero attached hydrogens (tertiary/aromatic N) is 2. The summed E-state index contributed by atoms with van der Waals surface area (Å²) >= 11 is 1.39. The van der Waals surface area contributed by atoms with E-state index in [-0.39, 0.29) is 18.4 Å². The standard InChI is InChI=1S/C14H17N3O3S/c1-7-9-5-11(21-14(9)17(2)16-7)13(20)15-10(6-12(18)19)8-3-4-8/h5,8,10H,3-4,6H2,1-2H3,(H,15,20)(H,18,19). The molecule has 2 aromatic heterocycles. The molecule has 112 valence electrons. The van der Waals surface area contributed by atoms with E-state index in [4.69, 9.17) is 5.11 Å². The van der Waals surface area contributed by atoms with Gasteiger partial charge in [0, 0.05) is 18.5 Å². The van der Waals surface area contributed by atoms with Crippen LogP contribution < -0.4 is 5.32 Å². The van der Waals surface area contributed by atoms with Crippen molar-refractivity contribution < 1.29 is 14.7 Å². The molecule has 0 aromatic carbocycles. The smallest absolute Gasteiger partial charge is 0.305 e. The number of aromatic nitrogens is 2. The molecule has 2 aromatic rings. The molecule has 1 atom stereocenters. The number of thiophene rings is 1. The van der Waals surface area contributed by atoms with E-state index >= 15 is 0 Å². The molecular formula is C14H17N3O3S. The molecule has 3 rings (SSSR count). The highest BCUT2D eigenvalue weighted by atomic mass is 32.1. The predicted octanol–water partition coefficient (Wildman–Crippen LogP) is 1.93. The van der Waals surface area contributed by atoms with Crippen LogP contribution in [0.15, 0.2) is 6.07 Å². The third-order valence-electron chi connectivity index (χ3n) is 3.82. The zero-order chi connectivity index (χ0) is 15.1. The minimum absolute atomic E-state index is 0.0120. The van der Waals surface area contributed by atoms with Gasteiger partial charge in [0.05, 0.1) is 17.0 Å². The zero-order valence-electron chi connectivity index (χ0n) is 11.9. The first-order valence-electron chi connectivity index (χ1n) is 6.91. The van der Waals surface area contributed by atoms with Crippen LogP contribution >= 0.6 is 11.3 Å². The van der Waals surface area contributed by atoms with Crippen molar-refractivity contribution in [3.63, 3.8) is 0 Å². The predicted molar refractivity (Wildman–Crippen MR) is 79.6 cm³/mol. The van der Waals surface area contributed by atoms with E-state index in [9.17, 15) is 9.59 Å². The van der Waals surface area contributed by atoms with E-state index in [0.717, 1.165) is 28.8 Å². The van der Waals surface area contributed by atoms with Gasteiger partial charge in [0.25, 0.3) is 5.91 Å². The Balaban J connectivity index is 1.79. The van der Waals surface area contributed by atoms with Crippen molar-refractivity contribution in [3.8, 4) is 0 Å². The van der Waals surface area contributed by atoms with Crippen molar-refractivity contribution in [1.29, 1.82) is 0 Å². The molecule has 1 amide bonds. The van der Waals surface area contributed by atoms with Gasteiger partial charge in [0.1, 0.15) is 4.83 Å². The van der Waals surface area contributed by atoms with E-state index in [1.165, 1.54) is 11.3 Å². The van der Waals surface area contributed by atoms with Gasteiger partial charge in [-0.1, -0.05) is 0 Å². The summed E-state index contributed by atoms with van der Waals surface area (Å²) in [4.78, 5) is 24.8. The minimum Gasteiger partial charge on any atom is -0.481 e. The molecular weight excluding hydrogens is 290 g/mol. The highest BCUT2D eigenvalue weighted by Gasteiger charge is 2.34. The molecule has 1 aliphatic carbocycles. The fourth-order valence-electron chi connectivity index (χ4n) is 2.58. The molecule has 0 radical (unpaired) electrons. The summed E-state index contributed by atoms with van der Waals surface area (Å²) in [6.45, 7) is 1.91. The SMILES string of the molecule is Cc1nn(C)c2sc(C(=O)NC(CC(=O)O)C3CC3)cc12. The fourth-order valence-corrected chi connectivity index (χ4v) is 3.61. The lowest BCUT2D eigenvalue weighted by molar-refractivity contribution is -0.137. The molecule has 6 nitrogen and oxygen atoms in total. The Morgan fingerprint density at radius 3 is 2.86 bits per heavy atom. The number of carboxylic acids is 1. The average molecular weight is 307 g/mol. The summed E-state index contributed by atoms with van der Waals surface area (Å²) in [5.41, 5.74) is 0.895. The van der Waals surface area contributed by atoms with Crippen LogP contribution in [0, 0.1) is 12.8 Å². The number of carbonyl (C=O) groups is 2. The summed E-state index contributed by atoms with van der Waals surface area (Å²) in [6, 6.07) is 1.57. The second-order valence-electron chi connectivity index (χ2n) is 5.55. The fraction of sp³-hybridized carbons (Fsp3) is 0.500. The number of fused-ring (bicyclic) bond motifs is 1. The van der Waals surface area contributed by atoms with E-state index in [0.29, 0.717) is 10.8 Å². The zero-order valence-corrected chi connectivity index (χ0v) is 12.7. The highest BCUT2D eigenvalue weighted by Crippen LogP contribution is 2.34. The maximum Gasteiger partial charge on any atom is 0.305 e. The van der Waals surface area contributed by atoms with Crippen LogP contribution in [0.3, 0.4) is 0 Å². The normalized spacial score (nSPS) is 16.1. The minimum atomic E-state index is -0.872. The first kappa shape index (κ1) is 14.1. The van der Waals surface area contributed by atoms with Crippen LogP contribution in [0.25, 0.3) is 10.2 Å². The Bertz CT molecular complexity index is 680. The van der Waals surface area contributed by atoms with Crippen LogP contribution in [-0.4, -0.2) is 32.8 Å². The van der Waals surface area contributed by atoms with Crippen molar-refractivity contribution in [2.75, 3.05) is 0 Å². The lowest BCUT2D eigenvalue weighted by atomic mass is 10.1. The monoisotopic (exact) mass is 307 g/mol. The average Bonchev–Trinajstić information content (AvgIpc) is 3.08. The van der Waals surface area contributed by atoms with Gasteiger partial charge in [0.15, 0.2) is 0 Å². The molecule has 2 N–H and O–H groups in total. The van der Waals surface area contributed by atoms with Crippen molar-refractivity contribution in [1.82, 2.24) is 15.1 Å². The van der Waals surface area contributed by atoms with Gasteiger partial charge in [-0.05, 0) is 31.7 Å². The van der Waals surface area contributed by atoms with E-state index in [1.807, 2.05) is 20.0 Å². The maximum atomic E-state index is 12.3. The quantitative estimate of drug-likeness (QED) is 0.884. The maximum absolute atomic E-state index is 12.3. The summed E-state index contributed by atoms with van der Waals surface area (Å²) in [5, 5.41) is 17.1. The van der Waals surface area contributed by atoms with Gasteiger partial charge in [-0.3, -0.25) is 14.3 Å². The second-order valence-corrected chi connectivity index (χ2v) is 6.58. The number of nitrogens with one attached hydrogen (secondary N) is 1. The largest absolute Gasteiger partial charge is 0.481 e. The van der Waals surface area contributed by atoms with Gasteiger partial charge in [-0.15, -0.1) is 11.3 Å². The first-order chi connectivity index (χ1) is 9.95. The number of hydrogen-bond acceptors (Lipinski definition) is 4. The molecule has 7 heteroatoms. The van der Waals surface area contributed by atoms with E-state index in [2.05, 4.69) is 10.4 Å². The molecule has 0 bridgehead atoms. The molecule has 1 unspecified atom stereocenters. The summed E-state index contributed by atoms with van der Waals surface area (Å²) in [6.07, 6.45) is 1.98. The Morgan fingerprint density at radius 2 is 2.29 bits per heavy atom. The first-order valence-corrected chi connectivity index (χ1v) is 7.73. The third kappa shape index (κ3) is 2.78. The Morgan fingerprint density at radius 1 is 1.57 bits per heavy atom. The van der Waals surface area contributed by atoms with E-state index < -0.39 is 5.97 Å². The van der Waals surface area contributed by atoms with Crippen molar-refractivity contribution >= 4 is 33.4 Å². The molecule has 0 spiro atoms. The Labute approximate surface area is 125 Å². The number of rotatable bonds is 5. The number of carboxylic acid groups (broad SMARTS) is 1. The number of carbonyl (C=O) groups excluding carboxylic acids is 1. The molecule has 21 heavy (non-hydrogen) atoms. The molecule has 1 aliphatic rings. The highest BCUT2D eigenvalue weighted by molar-refractivity contribution is 7.20. The molecule has 1 saturated carbocycles. The lowest BCUT2D eigenvalue weighted by Crippen LogP contribution is -2.37.